The number of carbonyl (C=O) groups excluding carboxylic acids is 1. The van der Waals surface area contributed by atoms with E-state index >= 15 is 0 Å². The Kier molecular flexibility index (Phi) is 5.06. The SMILES string of the molecule is CCC(C=O)OC12CC(CCC1(C)C1(C)CCC3CC1(C1(C)CCC4CC1C4(C)C)C3(C)C)C2(C)C. The predicted octanol–water partition coefficient (Wildman–Crippen LogP) is 8.86. The first kappa shape index (κ1) is 25.9. The highest BCUT2D eigenvalue weighted by atomic mass is 16.5. The van der Waals surface area contributed by atoms with Crippen LogP contribution in [0.5, 0.6) is 0 Å². The third-order valence-electron chi connectivity index (χ3n) is 16.4. The lowest BCUT2D eigenvalue weighted by Gasteiger charge is -2.88. The van der Waals surface area contributed by atoms with Crippen LogP contribution in [-0.2, 0) is 9.53 Å². The Labute approximate surface area is 222 Å². The molecule has 10 atom stereocenters. The second-order valence-corrected chi connectivity index (χ2v) is 17.2. The van der Waals surface area contributed by atoms with Crippen molar-refractivity contribution in [2.24, 2.45) is 61.6 Å². The predicted molar refractivity (Wildman–Crippen MR) is 148 cm³/mol. The van der Waals surface area contributed by atoms with E-state index in [1.165, 1.54) is 51.4 Å². The molecule has 6 bridgehead atoms. The Morgan fingerprint density at radius 2 is 1.36 bits per heavy atom. The summed E-state index contributed by atoms with van der Waals surface area (Å²) in [4.78, 5) is 12.2. The van der Waals surface area contributed by atoms with E-state index in [0.29, 0.717) is 21.7 Å². The maximum atomic E-state index is 12.2. The summed E-state index contributed by atoms with van der Waals surface area (Å²) in [6, 6.07) is 0. The van der Waals surface area contributed by atoms with Gasteiger partial charge in [-0.05, 0) is 120 Å². The van der Waals surface area contributed by atoms with Crippen molar-refractivity contribution in [2.75, 3.05) is 0 Å². The largest absolute Gasteiger partial charge is 0.363 e. The Hall–Kier alpha value is -0.370. The molecule has 204 valence electrons. The zero-order valence-corrected chi connectivity index (χ0v) is 25.4. The van der Waals surface area contributed by atoms with Crippen LogP contribution in [0.2, 0.25) is 0 Å². The minimum atomic E-state index is -0.274. The number of carbonyl (C=O) groups is 1. The van der Waals surface area contributed by atoms with Crippen LogP contribution in [0.15, 0.2) is 0 Å². The van der Waals surface area contributed by atoms with Gasteiger partial charge in [-0.3, -0.25) is 0 Å². The second kappa shape index (κ2) is 7.03. The number of ether oxygens (including phenoxy) is 1. The van der Waals surface area contributed by atoms with Gasteiger partial charge in [-0.15, -0.1) is 0 Å². The Morgan fingerprint density at radius 1 is 0.778 bits per heavy atom. The number of hydrogen-bond donors (Lipinski definition) is 0. The molecular formula is C34H56O2. The van der Waals surface area contributed by atoms with E-state index in [-0.39, 0.29) is 27.9 Å². The van der Waals surface area contributed by atoms with Gasteiger partial charge in [0.25, 0.3) is 0 Å². The van der Waals surface area contributed by atoms with Gasteiger partial charge in [0.15, 0.2) is 0 Å². The van der Waals surface area contributed by atoms with Crippen LogP contribution >= 0.6 is 0 Å². The molecule has 0 aromatic heterocycles. The van der Waals surface area contributed by atoms with Gasteiger partial charge in [0.05, 0.1) is 5.60 Å². The first-order chi connectivity index (χ1) is 16.6. The van der Waals surface area contributed by atoms with E-state index < -0.39 is 0 Å². The number of aldehydes is 1. The smallest absolute Gasteiger partial charge is 0.148 e. The van der Waals surface area contributed by atoms with E-state index in [1.807, 2.05) is 0 Å². The minimum Gasteiger partial charge on any atom is -0.363 e. The number of fused-ring (bicyclic) bond motifs is 7. The average Bonchev–Trinajstić information content (AvgIpc) is 2.82. The van der Waals surface area contributed by atoms with Gasteiger partial charge in [-0.25, -0.2) is 0 Å². The molecule has 0 aromatic rings. The van der Waals surface area contributed by atoms with Crippen molar-refractivity contribution in [3.8, 4) is 0 Å². The molecule has 0 spiro atoms. The van der Waals surface area contributed by atoms with Gasteiger partial charge in [0.2, 0.25) is 0 Å². The normalized spacial score (nSPS) is 55.9. The van der Waals surface area contributed by atoms with E-state index in [2.05, 4.69) is 69.2 Å². The Morgan fingerprint density at radius 3 is 1.86 bits per heavy atom. The summed E-state index contributed by atoms with van der Waals surface area (Å²) in [7, 11) is 0. The fourth-order valence-electron chi connectivity index (χ4n) is 13.9. The summed E-state index contributed by atoms with van der Waals surface area (Å²) in [5.74, 6) is 3.38. The lowest BCUT2D eigenvalue weighted by molar-refractivity contribution is -0.420. The molecule has 2 heteroatoms. The van der Waals surface area contributed by atoms with E-state index in [0.717, 1.165) is 42.8 Å². The topological polar surface area (TPSA) is 26.3 Å². The highest BCUT2D eigenvalue weighted by Gasteiger charge is 2.86. The Balaban J connectivity index is 1.54. The average molecular weight is 497 g/mol. The second-order valence-electron chi connectivity index (χ2n) is 17.2. The first-order valence-corrected chi connectivity index (χ1v) is 15.7. The van der Waals surface area contributed by atoms with Gasteiger partial charge in [-0.1, -0.05) is 69.2 Å². The first-order valence-electron chi connectivity index (χ1n) is 15.7. The molecule has 9 rings (SSSR count). The zero-order chi connectivity index (χ0) is 26.4. The van der Waals surface area contributed by atoms with Crippen LogP contribution < -0.4 is 0 Å². The molecule has 9 aliphatic rings. The van der Waals surface area contributed by atoms with Gasteiger partial charge >= 0.3 is 0 Å². The summed E-state index contributed by atoms with van der Waals surface area (Å²) in [5, 5.41) is 0. The van der Waals surface area contributed by atoms with Gasteiger partial charge in [-0.2, -0.15) is 0 Å². The summed E-state index contributed by atoms with van der Waals surface area (Å²) in [5.41, 5.74) is 1.75. The number of rotatable bonds is 6. The molecule has 9 saturated carbocycles. The van der Waals surface area contributed by atoms with Crippen molar-refractivity contribution in [1.82, 2.24) is 0 Å². The molecule has 0 aromatic carbocycles. The van der Waals surface area contributed by atoms with Crippen molar-refractivity contribution >= 4 is 6.29 Å². The van der Waals surface area contributed by atoms with Crippen molar-refractivity contribution in [2.45, 2.75) is 145 Å². The van der Waals surface area contributed by atoms with Crippen molar-refractivity contribution in [3.05, 3.63) is 0 Å². The van der Waals surface area contributed by atoms with Gasteiger partial charge in [0, 0.05) is 5.41 Å². The molecule has 9 fully saturated rings. The third kappa shape index (κ3) is 2.31. The molecule has 2 nitrogen and oxygen atoms in total. The fraction of sp³-hybridized carbons (Fsp3) is 0.971. The monoisotopic (exact) mass is 496 g/mol. The molecule has 36 heavy (non-hydrogen) atoms. The quantitative estimate of drug-likeness (QED) is 0.343. The van der Waals surface area contributed by atoms with Crippen LogP contribution in [0.25, 0.3) is 0 Å². The third-order valence-corrected chi connectivity index (χ3v) is 16.4. The van der Waals surface area contributed by atoms with Crippen molar-refractivity contribution < 1.29 is 9.53 Å². The summed E-state index contributed by atoms with van der Waals surface area (Å²) >= 11 is 0. The highest BCUT2D eigenvalue weighted by molar-refractivity contribution is 5.56. The van der Waals surface area contributed by atoms with Crippen LogP contribution in [0, 0.1) is 61.6 Å². The lowest BCUT2D eigenvalue weighted by Crippen LogP contribution is -2.84. The maximum Gasteiger partial charge on any atom is 0.148 e. The van der Waals surface area contributed by atoms with Crippen LogP contribution in [0.1, 0.15) is 133 Å². The molecule has 0 heterocycles. The molecule has 0 aliphatic heterocycles. The summed E-state index contributed by atoms with van der Waals surface area (Å²) < 4.78 is 7.20. The van der Waals surface area contributed by atoms with E-state index in [9.17, 15) is 4.79 Å². The number of hydrogen-bond acceptors (Lipinski definition) is 2. The molecule has 0 radical (unpaired) electrons. The maximum absolute atomic E-state index is 12.2. The Bertz CT molecular complexity index is 960. The van der Waals surface area contributed by atoms with Crippen LogP contribution in [-0.4, -0.2) is 18.0 Å². The van der Waals surface area contributed by atoms with Gasteiger partial charge < -0.3 is 9.53 Å². The summed E-state index contributed by atoms with van der Waals surface area (Å²) in [6.45, 7) is 25.9. The van der Waals surface area contributed by atoms with E-state index in [1.54, 1.807) is 0 Å². The van der Waals surface area contributed by atoms with Crippen LogP contribution in [0.4, 0.5) is 0 Å². The molecular weight excluding hydrogens is 440 g/mol. The minimum absolute atomic E-state index is 0.0745. The summed E-state index contributed by atoms with van der Waals surface area (Å²) in [6.07, 6.45) is 13.8. The molecule has 0 N–H and O–H groups in total. The fourth-order valence-corrected chi connectivity index (χ4v) is 13.9. The molecule has 0 amide bonds. The lowest BCUT2D eigenvalue weighted by atomic mass is 9.17. The molecule has 9 aliphatic carbocycles. The standard InChI is InChI=1S/C34H56O2/c1-11-25(21-35)36-34-20-24(29(34,6)7)14-17-32(34,10)31(9)16-13-23-19-33(31,28(23,4)5)30(8)15-12-22-18-26(30)27(22,2)3/h21-26H,11-20H2,1-10H3. The van der Waals surface area contributed by atoms with Crippen LogP contribution in [0.3, 0.4) is 0 Å². The van der Waals surface area contributed by atoms with Crippen molar-refractivity contribution in [1.29, 1.82) is 0 Å². The van der Waals surface area contributed by atoms with Crippen molar-refractivity contribution in [3.63, 3.8) is 0 Å². The molecule has 10 unspecified atom stereocenters. The van der Waals surface area contributed by atoms with Gasteiger partial charge in [0.1, 0.15) is 12.4 Å². The highest BCUT2D eigenvalue weighted by Crippen LogP contribution is 2.90. The zero-order valence-electron chi connectivity index (χ0n) is 25.4. The molecule has 0 saturated heterocycles. The van der Waals surface area contributed by atoms with E-state index in [4.69, 9.17) is 4.74 Å².